The number of hydrogen-bond donors (Lipinski definition) is 3. The lowest BCUT2D eigenvalue weighted by atomic mass is 10.2. The molecule has 1 atom stereocenters. The number of rotatable bonds is 5. The number of carbonyl (C=O) groups excluding carboxylic acids is 3. The molecule has 1 aromatic heterocycles. The van der Waals surface area contributed by atoms with Crippen LogP contribution in [0.15, 0.2) is 42.6 Å². The maximum atomic E-state index is 11.9. The summed E-state index contributed by atoms with van der Waals surface area (Å²) in [5.41, 5.74) is 6.20. The molecule has 2 rings (SSSR count). The third kappa shape index (κ3) is 3.72. The smallest absolute Gasteiger partial charge is 0.355 e. The minimum Gasteiger partial charge on any atom is -0.448 e. The molecule has 2 aromatic rings. The number of aromatic amines is 1. The Labute approximate surface area is 126 Å². The van der Waals surface area contributed by atoms with E-state index in [2.05, 4.69) is 10.3 Å². The van der Waals surface area contributed by atoms with E-state index in [1.54, 1.807) is 18.3 Å². The molecule has 0 fully saturated rings. The molecule has 7 heteroatoms. The molecular weight excluding hydrogens is 286 g/mol. The van der Waals surface area contributed by atoms with Gasteiger partial charge in [0, 0.05) is 17.4 Å². The number of nitrogens with two attached hydrogens (primary N) is 1. The highest BCUT2D eigenvalue weighted by molar-refractivity contribution is 5.97. The Kier molecular flexibility index (Phi) is 4.57. The molecule has 114 valence electrons. The predicted molar refractivity (Wildman–Crippen MR) is 79.3 cm³/mol. The monoisotopic (exact) mass is 301 g/mol. The van der Waals surface area contributed by atoms with Gasteiger partial charge in [0.25, 0.3) is 5.91 Å². The number of benzene rings is 1. The van der Waals surface area contributed by atoms with Gasteiger partial charge >= 0.3 is 5.97 Å². The standard InChI is InChI=1S/C15H15N3O4/c1-9(22-15(21)12-3-2-8-17-12)14(20)18-11-6-4-10(5-7-11)13(16)19/h2-9,17H,1H3,(H2,16,19)(H,18,20)/t9-/m1/s1. The number of H-pyrrole nitrogens is 1. The number of anilines is 1. The third-order valence-corrected chi connectivity index (χ3v) is 2.91. The molecule has 1 aromatic carbocycles. The fourth-order valence-electron chi connectivity index (χ4n) is 1.70. The molecule has 0 saturated carbocycles. The van der Waals surface area contributed by atoms with Crippen molar-refractivity contribution in [1.29, 1.82) is 0 Å². The van der Waals surface area contributed by atoms with Gasteiger partial charge in [0.2, 0.25) is 5.91 Å². The minimum atomic E-state index is -0.966. The van der Waals surface area contributed by atoms with E-state index in [1.165, 1.54) is 31.2 Å². The van der Waals surface area contributed by atoms with Crippen molar-refractivity contribution in [3.05, 3.63) is 53.9 Å². The van der Waals surface area contributed by atoms with Gasteiger partial charge in [-0.1, -0.05) is 0 Å². The Balaban J connectivity index is 1.93. The van der Waals surface area contributed by atoms with Crippen LogP contribution in [-0.2, 0) is 9.53 Å². The van der Waals surface area contributed by atoms with Gasteiger partial charge in [0.05, 0.1) is 0 Å². The van der Waals surface area contributed by atoms with E-state index in [1.807, 2.05) is 0 Å². The van der Waals surface area contributed by atoms with Crippen molar-refractivity contribution in [3.8, 4) is 0 Å². The van der Waals surface area contributed by atoms with Gasteiger partial charge < -0.3 is 20.8 Å². The number of nitrogens with one attached hydrogen (secondary N) is 2. The van der Waals surface area contributed by atoms with Gasteiger partial charge in [0.1, 0.15) is 5.69 Å². The third-order valence-electron chi connectivity index (χ3n) is 2.91. The zero-order chi connectivity index (χ0) is 16.1. The molecule has 0 aliphatic heterocycles. The average molecular weight is 301 g/mol. The van der Waals surface area contributed by atoms with Crippen LogP contribution in [0.25, 0.3) is 0 Å². The second-order valence-corrected chi connectivity index (χ2v) is 4.56. The van der Waals surface area contributed by atoms with Gasteiger partial charge in [-0.15, -0.1) is 0 Å². The molecule has 1 heterocycles. The van der Waals surface area contributed by atoms with Crippen LogP contribution in [0.1, 0.15) is 27.8 Å². The van der Waals surface area contributed by atoms with Crippen LogP contribution in [0, 0.1) is 0 Å². The number of hydrogen-bond acceptors (Lipinski definition) is 4. The first-order chi connectivity index (χ1) is 10.5. The number of carbonyl (C=O) groups is 3. The van der Waals surface area contributed by atoms with Gasteiger partial charge in [0.15, 0.2) is 6.10 Å². The maximum Gasteiger partial charge on any atom is 0.355 e. The van der Waals surface area contributed by atoms with E-state index in [9.17, 15) is 14.4 Å². The lowest BCUT2D eigenvalue weighted by Crippen LogP contribution is -2.30. The fourth-order valence-corrected chi connectivity index (χ4v) is 1.70. The van der Waals surface area contributed by atoms with Crippen LogP contribution in [0.5, 0.6) is 0 Å². The summed E-state index contributed by atoms with van der Waals surface area (Å²) in [4.78, 5) is 37.3. The van der Waals surface area contributed by atoms with Crippen molar-refractivity contribution in [1.82, 2.24) is 4.98 Å². The molecule has 0 saturated heterocycles. The molecule has 0 aliphatic carbocycles. The molecule has 0 radical (unpaired) electrons. The van der Waals surface area contributed by atoms with Crippen LogP contribution >= 0.6 is 0 Å². The second kappa shape index (κ2) is 6.57. The van der Waals surface area contributed by atoms with Crippen LogP contribution < -0.4 is 11.1 Å². The summed E-state index contributed by atoms with van der Waals surface area (Å²) in [5, 5.41) is 2.58. The van der Waals surface area contributed by atoms with Crippen LogP contribution in [0.3, 0.4) is 0 Å². The lowest BCUT2D eigenvalue weighted by Gasteiger charge is -2.13. The van der Waals surface area contributed by atoms with Crippen molar-refractivity contribution in [2.45, 2.75) is 13.0 Å². The molecule has 0 spiro atoms. The number of primary amides is 1. The SMILES string of the molecule is C[C@@H](OC(=O)c1ccc[nH]1)C(=O)Nc1ccc(C(N)=O)cc1. The molecule has 2 amide bonds. The summed E-state index contributed by atoms with van der Waals surface area (Å²) in [7, 11) is 0. The first kappa shape index (κ1) is 15.3. The summed E-state index contributed by atoms with van der Waals surface area (Å²) in [5.74, 6) is -1.64. The summed E-state index contributed by atoms with van der Waals surface area (Å²) in [6.07, 6.45) is 0.619. The van der Waals surface area contributed by atoms with Gasteiger partial charge in [-0.3, -0.25) is 9.59 Å². The summed E-state index contributed by atoms with van der Waals surface area (Å²) in [6, 6.07) is 9.27. The van der Waals surface area contributed by atoms with Crippen molar-refractivity contribution in [2.75, 3.05) is 5.32 Å². The van der Waals surface area contributed by atoms with Crippen molar-refractivity contribution in [2.24, 2.45) is 5.73 Å². The zero-order valence-electron chi connectivity index (χ0n) is 11.8. The quantitative estimate of drug-likeness (QED) is 0.722. The van der Waals surface area contributed by atoms with Gasteiger partial charge in [-0.05, 0) is 43.3 Å². The Hall–Kier alpha value is -3.09. The largest absolute Gasteiger partial charge is 0.448 e. The van der Waals surface area contributed by atoms with Crippen molar-refractivity contribution in [3.63, 3.8) is 0 Å². The molecule has 22 heavy (non-hydrogen) atoms. The summed E-state index contributed by atoms with van der Waals surface area (Å²) >= 11 is 0. The van der Waals surface area contributed by atoms with Crippen molar-refractivity contribution < 1.29 is 19.1 Å². The maximum absolute atomic E-state index is 11.9. The van der Waals surface area contributed by atoms with Crippen LogP contribution in [0.2, 0.25) is 0 Å². The fraction of sp³-hybridized carbons (Fsp3) is 0.133. The Morgan fingerprint density at radius 3 is 2.41 bits per heavy atom. The zero-order valence-corrected chi connectivity index (χ0v) is 11.8. The second-order valence-electron chi connectivity index (χ2n) is 4.56. The number of ether oxygens (including phenoxy) is 1. The lowest BCUT2D eigenvalue weighted by molar-refractivity contribution is -0.123. The normalized spacial score (nSPS) is 11.5. The highest BCUT2D eigenvalue weighted by atomic mass is 16.5. The van der Waals surface area contributed by atoms with Crippen LogP contribution in [-0.4, -0.2) is 28.9 Å². The molecule has 0 aliphatic rings. The van der Waals surface area contributed by atoms with E-state index >= 15 is 0 Å². The first-order valence-corrected chi connectivity index (χ1v) is 6.52. The Morgan fingerprint density at radius 2 is 1.86 bits per heavy atom. The molecular formula is C15H15N3O4. The van der Waals surface area contributed by atoms with E-state index in [0.29, 0.717) is 11.3 Å². The molecule has 4 N–H and O–H groups in total. The van der Waals surface area contributed by atoms with Gasteiger partial charge in [-0.2, -0.15) is 0 Å². The van der Waals surface area contributed by atoms with E-state index in [0.717, 1.165) is 0 Å². The minimum absolute atomic E-state index is 0.269. The topological polar surface area (TPSA) is 114 Å². The summed E-state index contributed by atoms with van der Waals surface area (Å²) < 4.78 is 5.03. The number of amides is 2. The van der Waals surface area contributed by atoms with E-state index in [-0.39, 0.29) is 5.69 Å². The van der Waals surface area contributed by atoms with Crippen LogP contribution in [0.4, 0.5) is 5.69 Å². The highest BCUT2D eigenvalue weighted by Crippen LogP contribution is 2.10. The molecule has 7 nitrogen and oxygen atoms in total. The van der Waals surface area contributed by atoms with E-state index < -0.39 is 23.9 Å². The highest BCUT2D eigenvalue weighted by Gasteiger charge is 2.19. The van der Waals surface area contributed by atoms with Crippen molar-refractivity contribution >= 4 is 23.5 Å². The Bertz CT molecular complexity index is 677. The first-order valence-electron chi connectivity index (χ1n) is 6.52. The average Bonchev–Trinajstić information content (AvgIpc) is 3.02. The predicted octanol–water partition coefficient (Wildman–Crippen LogP) is 1.30. The molecule has 0 unspecified atom stereocenters. The number of aromatic nitrogens is 1. The van der Waals surface area contributed by atoms with E-state index in [4.69, 9.17) is 10.5 Å². The number of esters is 1. The summed E-state index contributed by atoms with van der Waals surface area (Å²) in [6.45, 7) is 1.47. The van der Waals surface area contributed by atoms with Gasteiger partial charge in [-0.25, -0.2) is 4.79 Å². The Morgan fingerprint density at radius 1 is 1.18 bits per heavy atom. The molecule has 0 bridgehead atoms.